The number of nitrogen functional groups attached to an aromatic ring is 1. The third-order valence-electron chi connectivity index (χ3n) is 3.57. The Labute approximate surface area is 123 Å². The van der Waals surface area contributed by atoms with E-state index in [4.69, 9.17) is 10.2 Å². The molecule has 1 aromatic heterocycles. The van der Waals surface area contributed by atoms with Gasteiger partial charge in [0.25, 0.3) is 0 Å². The molecule has 2 N–H and O–H groups in total. The van der Waals surface area contributed by atoms with Crippen molar-refractivity contribution in [2.24, 2.45) is 0 Å². The van der Waals surface area contributed by atoms with Crippen LogP contribution in [0.5, 0.6) is 0 Å². The lowest BCUT2D eigenvalue weighted by atomic mass is 10.1. The molecule has 0 atom stereocenters. The molecule has 0 radical (unpaired) electrons. The van der Waals surface area contributed by atoms with E-state index < -0.39 is 0 Å². The Hall–Kier alpha value is -2.55. The first-order valence-corrected chi connectivity index (χ1v) is 6.99. The summed E-state index contributed by atoms with van der Waals surface area (Å²) in [5, 5.41) is 0.978. The Morgan fingerprint density at radius 1 is 1.10 bits per heavy atom. The summed E-state index contributed by atoms with van der Waals surface area (Å²) < 4.78 is 5.62. The Bertz CT molecular complexity index is 785. The highest BCUT2D eigenvalue weighted by molar-refractivity contribution is 5.97. The second kappa shape index (κ2) is 5.44. The second-order valence-corrected chi connectivity index (χ2v) is 5.32. The van der Waals surface area contributed by atoms with E-state index in [1.807, 2.05) is 55.5 Å². The van der Waals surface area contributed by atoms with Gasteiger partial charge < -0.3 is 10.2 Å². The molecule has 3 rings (SSSR count). The number of furan rings is 1. The lowest BCUT2D eigenvalue weighted by Crippen LogP contribution is -1.99. The van der Waals surface area contributed by atoms with Crippen molar-refractivity contribution >= 4 is 22.4 Å². The highest BCUT2D eigenvalue weighted by atomic mass is 16.3. The summed E-state index contributed by atoms with van der Waals surface area (Å²) in [5.74, 6) is 0.465. The highest BCUT2D eigenvalue weighted by Gasteiger charge is 2.12. The number of hydrogen-bond acceptors (Lipinski definition) is 3. The summed E-state index contributed by atoms with van der Waals surface area (Å²) in [6, 6.07) is 15.3. The molecule has 0 unspecified atom stereocenters. The minimum Gasteiger partial charge on any atom is -0.453 e. The molecular formula is C18H17NO2. The molecule has 0 aliphatic carbocycles. The number of benzene rings is 2. The molecule has 2 aromatic carbocycles. The zero-order chi connectivity index (χ0) is 14.8. The van der Waals surface area contributed by atoms with Crippen LogP contribution in [-0.2, 0) is 6.42 Å². The van der Waals surface area contributed by atoms with Crippen LogP contribution in [0.4, 0.5) is 5.69 Å². The van der Waals surface area contributed by atoms with E-state index >= 15 is 0 Å². The quantitative estimate of drug-likeness (QED) is 0.577. The Balaban J connectivity index is 1.73. The number of carbonyl (C=O) groups excluding carboxylic acids is 1. The molecule has 106 valence electrons. The van der Waals surface area contributed by atoms with E-state index in [1.54, 1.807) is 0 Å². The minimum absolute atomic E-state index is 0.0284. The summed E-state index contributed by atoms with van der Waals surface area (Å²) in [6.07, 6.45) is 1.12. The molecule has 0 spiro atoms. The molecule has 0 aliphatic heterocycles. The van der Waals surface area contributed by atoms with Crippen LogP contribution in [0.25, 0.3) is 11.0 Å². The van der Waals surface area contributed by atoms with Crippen LogP contribution in [-0.4, -0.2) is 5.78 Å². The van der Waals surface area contributed by atoms with Crippen molar-refractivity contribution in [3.63, 3.8) is 0 Å². The fourth-order valence-electron chi connectivity index (χ4n) is 2.37. The second-order valence-electron chi connectivity index (χ2n) is 5.32. The summed E-state index contributed by atoms with van der Waals surface area (Å²) in [5.41, 5.74) is 9.40. The number of aryl methyl sites for hydroxylation is 2. The van der Waals surface area contributed by atoms with Crippen LogP contribution >= 0.6 is 0 Å². The van der Waals surface area contributed by atoms with Crippen LogP contribution in [0.15, 0.2) is 52.9 Å². The third kappa shape index (κ3) is 2.97. The summed E-state index contributed by atoms with van der Waals surface area (Å²) >= 11 is 0. The standard InChI is InChI=1S/C18H17NO2/c1-12-2-9-17-14(10-12)11-18(21-17)16(20)8-5-13-3-6-15(19)7-4-13/h2-4,6-7,9-11H,5,8,19H2,1H3. The minimum atomic E-state index is 0.0284. The van der Waals surface area contributed by atoms with Gasteiger partial charge in [0.2, 0.25) is 0 Å². The van der Waals surface area contributed by atoms with Crippen LogP contribution in [0.3, 0.4) is 0 Å². The van der Waals surface area contributed by atoms with Crippen molar-refractivity contribution in [2.75, 3.05) is 5.73 Å². The van der Waals surface area contributed by atoms with Gasteiger partial charge in [-0.25, -0.2) is 0 Å². The maximum absolute atomic E-state index is 12.2. The lowest BCUT2D eigenvalue weighted by molar-refractivity contribution is 0.0958. The molecule has 0 saturated carbocycles. The largest absolute Gasteiger partial charge is 0.453 e. The molecule has 0 bridgehead atoms. The fraction of sp³-hybridized carbons (Fsp3) is 0.167. The highest BCUT2D eigenvalue weighted by Crippen LogP contribution is 2.22. The number of fused-ring (bicyclic) bond motifs is 1. The molecule has 3 heteroatoms. The van der Waals surface area contributed by atoms with Gasteiger partial charge in [-0.05, 0) is 49.2 Å². The number of ketones is 1. The van der Waals surface area contributed by atoms with Crippen LogP contribution in [0.1, 0.15) is 28.1 Å². The lowest BCUT2D eigenvalue weighted by Gasteiger charge is -2.00. The molecule has 0 aliphatic rings. The topological polar surface area (TPSA) is 56.2 Å². The number of hydrogen-bond donors (Lipinski definition) is 1. The maximum atomic E-state index is 12.2. The first-order valence-electron chi connectivity index (χ1n) is 6.99. The van der Waals surface area contributed by atoms with Gasteiger partial charge in [0.15, 0.2) is 11.5 Å². The Kier molecular flexibility index (Phi) is 3.48. The number of Topliss-reactive ketones (excluding diaryl/α,β-unsaturated/α-hetero) is 1. The molecule has 0 amide bonds. The summed E-state index contributed by atoms with van der Waals surface area (Å²) in [6.45, 7) is 2.02. The molecule has 3 aromatic rings. The SMILES string of the molecule is Cc1ccc2oc(C(=O)CCc3ccc(N)cc3)cc2c1. The van der Waals surface area contributed by atoms with Crippen molar-refractivity contribution in [2.45, 2.75) is 19.8 Å². The van der Waals surface area contributed by atoms with Gasteiger partial charge >= 0.3 is 0 Å². The molecule has 21 heavy (non-hydrogen) atoms. The van der Waals surface area contributed by atoms with E-state index in [1.165, 1.54) is 0 Å². The summed E-state index contributed by atoms with van der Waals surface area (Å²) in [4.78, 5) is 12.2. The van der Waals surface area contributed by atoms with E-state index in [2.05, 4.69) is 0 Å². The number of rotatable bonds is 4. The van der Waals surface area contributed by atoms with Gasteiger partial charge in [-0.2, -0.15) is 0 Å². The number of anilines is 1. The van der Waals surface area contributed by atoms with Crippen molar-refractivity contribution in [3.8, 4) is 0 Å². The van der Waals surface area contributed by atoms with Crippen molar-refractivity contribution in [1.82, 2.24) is 0 Å². The monoisotopic (exact) mass is 279 g/mol. The molecule has 0 saturated heterocycles. The van der Waals surface area contributed by atoms with Crippen molar-refractivity contribution in [1.29, 1.82) is 0 Å². The number of nitrogens with two attached hydrogens (primary N) is 1. The van der Waals surface area contributed by atoms with Crippen LogP contribution in [0.2, 0.25) is 0 Å². The maximum Gasteiger partial charge on any atom is 0.198 e. The molecular weight excluding hydrogens is 262 g/mol. The van der Waals surface area contributed by atoms with Gasteiger partial charge in [-0.1, -0.05) is 23.8 Å². The number of carbonyl (C=O) groups is 1. The molecule has 0 fully saturated rings. The van der Waals surface area contributed by atoms with Gasteiger partial charge in [0.05, 0.1) is 0 Å². The zero-order valence-electron chi connectivity index (χ0n) is 11.9. The normalized spacial score (nSPS) is 10.9. The Morgan fingerprint density at radius 3 is 2.62 bits per heavy atom. The van der Waals surface area contributed by atoms with E-state index in [-0.39, 0.29) is 5.78 Å². The average molecular weight is 279 g/mol. The van der Waals surface area contributed by atoms with Gasteiger partial charge in [0.1, 0.15) is 5.58 Å². The predicted molar refractivity (Wildman–Crippen MR) is 84.5 cm³/mol. The van der Waals surface area contributed by atoms with Gasteiger partial charge in [-0.15, -0.1) is 0 Å². The van der Waals surface area contributed by atoms with Crippen LogP contribution in [0, 0.1) is 6.92 Å². The van der Waals surface area contributed by atoms with Crippen molar-refractivity contribution < 1.29 is 9.21 Å². The van der Waals surface area contributed by atoms with Crippen molar-refractivity contribution in [3.05, 3.63) is 65.4 Å². The predicted octanol–water partition coefficient (Wildman–Crippen LogP) is 4.14. The zero-order valence-corrected chi connectivity index (χ0v) is 11.9. The third-order valence-corrected chi connectivity index (χ3v) is 3.57. The molecule has 3 nitrogen and oxygen atoms in total. The first-order chi connectivity index (χ1) is 10.1. The van der Waals surface area contributed by atoms with E-state index in [9.17, 15) is 4.79 Å². The smallest absolute Gasteiger partial charge is 0.198 e. The van der Waals surface area contributed by atoms with E-state index in [0.29, 0.717) is 18.6 Å². The summed E-state index contributed by atoms with van der Waals surface area (Å²) in [7, 11) is 0. The van der Waals surface area contributed by atoms with Gasteiger partial charge in [-0.3, -0.25) is 4.79 Å². The molecule has 1 heterocycles. The first kappa shape index (κ1) is 13.4. The average Bonchev–Trinajstić information content (AvgIpc) is 2.89. The van der Waals surface area contributed by atoms with Gasteiger partial charge in [0, 0.05) is 17.5 Å². The Morgan fingerprint density at radius 2 is 1.86 bits per heavy atom. The van der Waals surface area contributed by atoms with E-state index in [0.717, 1.165) is 27.8 Å². The van der Waals surface area contributed by atoms with Crippen LogP contribution < -0.4 is 5.73 Å². The fourth-order valence-corrected chi connectivity index (χ4v) is 2.37.